The Balaban J connectivity index is 1.52. The Morgan fingerprint density at radius 2 is 1.92 bits per heavy atom. The van der Waals surface area contributed by atoms with Gasteiger partial charge in [-0.15, -0.1) is 0 Å². The van der Waals surface area contributed by atoms with E-state index >= 15 is 0 Å². The van der Waals surface area contributed by atoms with Crippen LogP contribution in [0.2, 0.25) is 0 Å². The predicted octanol–water partition coefficient (Wildman–Crippen LogP) is 3.72. The number of carbonyl (C=O) groups excluding carboxylic acids is 1. The quantitative estimate of drug-likeness (QED) is 0.830. The van der Waals surface area contributed by atoms with Gasteiger partial charge in [-0.05, 0) is 41.7 Å². The number of benzene rings is 2. The van der Waals surface area contributed by atoms with Crippen LogP contribution in [0.15, 0.2) is 48.5 Å². The van der Waals surface area contributed by atoms with Crippen molar-refractivity contribution in [2.45, 2.75) is 25.5 Å². The largest absolute Gasteiger partial charge is 0.496 e. The van der Waals surface area contributed by atoms with Gasteiger partial charge in [0.1, 0.15) is 11.5 Å². The molecule has 0 saturated heterocycles. The molecule has 132 valence electrons. The first kappa shape index (κ1) is 17.2. The minimum Gasteiger partial charge on any atom is -0.496 e. The number of hydrogen-bond acceptors (Lipinski definition) is 3. The van der Waals surface area contributed by atoms with Crippen LogP contribution in [0.3, 0.4) is 0 Å². The fourth-order valence-electron chi connectivity index (χ4n) is 2.91. The first-order valence-corrected chi connectivity index (χ1v) is 8.03. The molecule has 1 amide bonds. The zero-order valence-corrected chi connectivity index (χ0v) is 13.7. The molecule has 1 N–H and O–H groups in total. The number of hydrogen-bond donors (Lipinski definition) is 1. The Hall–Kier alpha value is -2.63. The fourth-order valence-corrected chi connectivity index (χ4v) is 2.91. The molecule has 0 bridgehead atoms. The van der Waals surface area contributed by atoms with Gasteiger partial charge in [-0.3, -0.25) is 4.79 Å². The zero-order valence-electron chi connectivity index (χ0n) is 13.7. The number of carbonyl (C=O) groups is 1. The molecule has 3 rings (SSSR count). The number of amides is 1. The summed E-state index contributed by atoms with van der Waals surface area (Å²) in [5, 5.41) is 2.89. The highest BCUT2D eigenvalue weighted by Crippen LogP contribution is 2.50. The Morgan fingerprint density at radius 3 is 2.60 bits per heavy atom. The third kappa shape index (κ3) is 4.26. The van der Waals surface area contributed by atoms with Crippen molar-refractivity contribution in [3.05, 3.63) is 59.7 Å². The van der Waals surface area contributed by atoms with Gasteiger partial charge in [0.25, 0.3) is 0 Å². The van der Waals surface area contributed by atoms with E-state index in [1.54, 1.807) is 19.2 Å². The smallest absolute Gasteiger partial charge is 0.387 e. The number of rotatable bonds is 7. The molecule has 1 aliphatic rings. The van der Waals surface area contributed by atoms with Crippen molar-refractivity contribution in [2.75, 3.05) is 7.11 Å². The molecular formula is C19H19F2NO3. The van der Waals surface area contributed by atoms with Crippen LogP contribution in [0.25, 0.3) is 0 Å². The summed E-state index contributed by atoms with van der Waals surface area (Å²) >= 11 is 0. The molecule has 2 aromatic rings. The van der Waals surface area contributed by atoms with Crippen molar-refractivity contribution < 1.29 is 23.0 Å². The van der Waals surface area contributed by atoms with E-state index in [1.165, 1.54) is 12.1 Å². The summed E-state index contributed by atoms with van der Waals surface area (Å²) in [6, 6.07) is 14.0. The molecular weight excluding hydrogens is 328 g/mol. The lowest BCUT2D eigenvalue weighted by Gasteiger charge is -2.09. The second kappa shape index (κ2) is 7.51. The third-order valence-electron chi connectivity index (χ3n) is 4.28. The SMILES string of the molecule is COc1ccccc1[C@@H]1C[C@H]1C(=O)NCc1ccc(OC(F)F)cc1. The van der Waals surface area contributed by atoms with Crippen molar-refractivity contribution in [1.82, 2.24) is 5.32 Å². The van der Waals surface area contributed by atoms with E-state index in [2.05, 4.69) is 10.1 Å². The molecule has 0 radical (unpaired) electrons. The molecule has 0 unspecified atom stereocenters. The summed E-state index contributed by atoms with van der Waals surface area (Å²) in [6.07, 6.45) is 0.799. The van der Waals surface area contributed by atoms with Gasteiger partial charge in [0.05, 0.1) is 7.11 Å². The molecule has 0 aliphatic heterocycles. The fraction of sp³-hybridized carbons (Fsp3) is 0.316. The minimum absolute atomic E-state index is 0.0104. The average Bonchev–Trinajstić information content (AvgIpc) is 3.41. The second-order valence-corrected chi connectivity index (χ2v) is 5.93. The third-order valence-corrected chi connectivity index (χ3v) is 4.28. The Kier molecular flexibility index (Phi) is 5.16. The lowest BCUT2D eigenvalue weighted by atomic mass is 10.1. The second-order valence-electron chi connectivity index (χ2n) is 5.93. The molecule has 25 heavy (non-hydrogen) atoms. The summed E-state index contributed by atoms with van der Waals surface area (Å²) in [5.74, 6) is 1.01. The number of ether oxygens (including phenoxy) is 2. The lowest BCUT2D eigenvalue weighted by Crippen LogP contribution is -2.24. The summed E-state index contributed by atoms with van der Waals surface area (Å²) in [4.78, 5) is 12.3. The van der Waals surface area contributed by atoms with E-state index in [-0.39, 0.29) is 23.5 Å². The molecule has 0 spiro atoms. The number of halogens is 2. The first-order chi connectivity index (χ1) is 12.1. The van der Waals surface area contributed by atoms with Gasteiger partial charge in [-0.2, -0.15) is 8.78 Å². The summed E-state index contributed by atoms with van der Waals surface area (Å²) in [6.45, 7) is -2.49. The maximum atomic E-state index is 12.3. The lowest BCUT2D eigenvalue weighted by molar-refractivity contribution is -0.122. The maximum absolute atomic E-state index is 12.3. The standard InChI is InChI=1S/C19H19F2NO3/c1-24-17-5-3-2-4-14(17)15-10-16(15)18(23)22-11-12-6-8-13(9-7-12)25-19(20)21/h2-9,15-16,19H,10-11H2,1H3,(H,22,23)/t15-,16+/m0/s1. The number of alkyl halides is 2. The number of nitrogens with one attached hydrogen (secondary N) is 1. The summed E-state index contributed by atoms with van der Waals surface area (Å²) < 4.78 is 33.9. The van der Waals surface area contributed by atoms with Crippen molar-refractivity contribution in [2.24, 2.45) is 5.92 Å². The maximum Gasteiger partial charge on any atom is 0.387 e. The van der Waals surface area contributed by atoms with Crippen LogP contribution < -0.4 is 14.8 Å². The molecule has 0 aromatic heterocycles. The van der Waals surface area contributed by atoms with Crippen LogP contribution in [-0.4, -0.2) is 19.6 Å². The van der Waals surface area contributed by atoms with Gasteiger partial charge in [0.15, 0.2) is 0 Å². The van der Waals surface area contributed by atoms with Crippen molar-refractivity contribution in [1.29, 1.82) is 0 Å². The Morgan fingerprint density at radius 1 is 1.20 bits per heavy atom. The van der Waals surface area contributed by atoms with Gasteiger partial charge in [0.2, 0.25) is 5.91 Å². The first-order valence-electron chi connectivity index (χ1n) is 8.03. The predicted molar refractivity (Wildman–Crippen MR) is 88.8 cm³/mol. The highest BCUT2D eigenvalue weighted by Gasteiger charge is 2.45. The molecule has 0 heterocycles. The van der Waals surface area contributed by atoms with Gasteiger partial charge in [-0.1, -0.05) is 30.3 Å². The molecule has 1 fully saturated rings. The Labute approximate surface area is 144 Å². The molecule has 2 aromatic carbocycles. The zero-order chi connectivity index (χ0) is 17.8. The Bertz CT molecular complexity index is 734. The van der Waals surface area contributed by atoms with E-state index in [1.807, 2.05) is 24.3 Å². The van der Waals surface area contributed by atoms with Crippen LogP contribution in [0, 0.1) is 5.92 Å². The van der Waals surface area contributed by atoms with Gasteiger partial charge in [0, 0.05) is 12.5 Å². The van der Waals surface area contributed by atoms with Crippen molar-refractivity contribution >= 4 is 5.91 Å². The van der Waals surface area contributed by atoms with Gasteiger partial charge >= 0.3 is 6.61 Å². The molecule has 2 atom stereocenters. The van der Waals surface area contributed by atoms with Crippen LogP contribution in [0.1, 0.15) is 23.5 Å². The average molecular weight is 347 g/mol. The van der Waals surface area contributed by atoms with Crippen molar-refractivity contribution in [3.8, 4) is 11.5 Å². The summed E-state index contributed by atoms with van der Waals surface area (Å²) in [7, 11) is 1.62. The van der Waals surface area contributed by atoms with Crippen LogP contribution in [-0.2, 0) is 11.3 Å². The summed E-state index contributed by atoms with van der Waals surface area (Å²) in [5.41, 5.74) is 1.88. The van der Waals surface area contributed by atoms with E-state index in [0.29, 0.717) is 6.54 Å². The number of para-hydroxylation sites is 1. The monoisotopic (exact) mass is 347 g/mol. The normalized spacial score (nSPS) is 18.7. The number of methoxy groups -OCH3 is 1. The van der Waals surface area contributed by atoms with Crippen molar-refractivity contribution in [3.63, 3.8) is 0 Å². The molecule has 4 nitrogen and oxygen atoms in total. The van der Waals surface area contributed by atoms with Crippen LogP contribution >= 0.6 is 0 Å². The van der Waals surface area contributed by atoms with E-state index in [9.17, 15) is 13.6 Å². The highest BCUT2D eigenvalue weighted by molar-refractivity contribution is 5.83. The van der Waals surface area contributed by atoms with Gasteiger partial charge < -0.3 is 14.8 Å². The van der Waals surface area contributed by atoms with E-state index in [0.717, 1.165) is 23.3 Å². The molecule has 1 aliphatic carbocycles. The van der Waals surface area contributed by atoms with E-state index < -0.39 is 6.61 Å². The highest BCUT2D eigenvalue weighted by atomic mass is 19.3. The molecule has 1 saturated carbocycles. The van der Waals surface area contributed by atoms with Gasteiger partial charge in [-0.25, -0.2) is 0 Å². The minimum atomic E-state index is -2.84. The van der Waals surface area contributed by atoms with E-state index in [4.69, 9.17) is 4.74 Å². The molecule has 6 heteroatoms. The topological polar surface area (TPSA) is 47.6 Å². The van der Waals surface area contributed by atoms with Crippen LogP contribution in [0.5, 0.6) is 11.5 Å². The van der Waals surface area contributed by atoms with Crippen LogP contribution in [0.4, 0.5) is 8.78 Å².